The molecule has 1 unspecified atom stereocenters. The lowest BCUT2D eigenvalue weighted by Crippen LogP contribution is -2.36. The second-order valence-electron chi connectivity index (χ2n) is 8.65. The molecule has 178 valence electrons. The van der Waals surface area contributed by atoms with E-state index in [0.717, 1.165) is 19.3 Å². The van der Waals surface area contributed by atoms with E-state index in [1.165, 1.54) is 16.5 Å². The van der Waals surface area contributed by atoms with Crippen LogP contribution in [-0.4, -0.2) is 48.5 Å². The highest BCUT2D eigenvalue weighted by atomic mass is 16.5. The van der Waals surface area contributed by atoms with E-state index in [4.69, 9.17) is 9.47 Å². The SMILES string of the molecule is O=C(Nc1ccccc1OCCc1ccccc1)c1ccc2c(c1)C(=O)N(CC1CCCO1)C2=O. The van der Waals surface area contributed by atoms with Gasteiger partial charge in [-0.05, 0) is 48.7 Å². The molecule has 2 heterocycles. The van der Waals surface area contributed by atoms with Gasteiger partial charge >= 0.3 is 0 Å². The van der Waals surface area contributed by atoms with Crippen molar-refractivity contribution in [3.05, 3.63) is 95.1 Å². The number of ether oxygens (including phenoxy) is 2. The minimum atomic E-state index is -0.389. The van der Waals surface area contributed by atoms with Gasteiger partial charge in [0, 0.05) is 18.6 Å². The first-order chi connectivity index (χ1) is 17.1. The van der Waals surface area contributed by atoms with Crippen LogP contribution in [0, 0.1) is 0 Å². The predicted octanol–water partition coefficient (Wildman–Crippen LogP) is 4.34. The van der Waals surface area contributed by atoms with Crippen LogP contribution in [0.5, 0.6) is 5.75 Å². The molecule has 0 saturated carbocycles. The summed E-state index contributed by atoms with van der Waals surface area (Å²) in [5.74, 6) is -0.555. The minimum absolute atomic E-state index is 0.127. The third-order valence-corrected chi connectivity index (χ3v) is 6.27. The molecule has 1 atom stereocenters. The van der Waals surface area contributed by atoms with E-state index < -0.39 is 0 Å². The number of para-hydroxylation sites is 2. The fraction of sp³-hybridized carbons (Fsp3) is 0.250. The van der Waals surface area contributed by atoms with Crippen molar-refractivity contribution in [2.45, 2.75) is 25.4 Å². The Morgan fingerprint density at radius 3 is 2.54 bits per heavy atom. The van der Waals surface area contributed by atoms with Crippen molar-refractivity contribution >= 4 is 23.4 Å². The van der Waals surface area contributed by atoms with Gasteiger partial charge in [0.15, 0.2) is 0 Å². The maximum Gasteiger partial charge on any atom is 0.261 e. The maximum atomic E-state index is 13.0. The highest BCUT2D eigenvalue weighted by Gasteiger charge is 2.38. The van der Waals surface area contributed by atoms with Crippen molar-refractivity contribution in [2.75, 3.05) is 25.1 Å². The summed E-state index contributed by atoms with van der Waals surface area (Å²) < 4.78 is 11.5. The first-order valence-electron chi connectivity index (χ1n) is 11.8. The Bertz CT molecular complexity index is 1250. The number of nitrogens with zero attached hydrogens (tertiary/aromatic N) is 1. The first-order valence-corrected chi connectivity index (χ1v) is 11.8. The van der Waals surface area contributed by atoms with Crippen molar-refractivity contribution in [3.8, 4) is 5.75 Å². The summed E-state index contributed by atoms with van der Waals surface area (Å²) in [6.45, 7) is 1.35. The molecule has 7 heteroatoms. The zero-order valence-corrected chi connectivity index (χ0v) is 19.2. The summed E-state index contributed by atoms with van der Waals surface area (Å²) >= 11 is 0. The summed E-state index contributed by atoms with van der Waals surface area (Å²) in [4.78, 5) is 39.9. The highest BCUT2D eigenvalue weighted by molar-refractivity contribution is 6.22. The molecule has 0 bridgehead atoms. The van der Waals surface area contributed by atoms with Crippen molar-refractivity contribution in [2.24, 2.45) is 0 Å². The molecule has 35 heavy (non-hydrogen) atoms. The molecule has 3 aromatic rings. The largest absolute Gasteiger partial charge is 0.491 e. The molecule has 1 saturated heterocycles. The Morgan fingerprint density at radius 1 is 0.971 bits per heavy atom. The summed E-state index contributed by atoms with van der Waals surface area (Å²) in [5, 5.41) is 2.87. The second kappa shape index (κ2) is 10.1. The van der Waals surface area contributed by atoms with Gasteiger partial charge < -0.3 is 14.8 Å². The van der Waals surface area contributed by atoms with Crippen LogP contribution in [0.15, 0.2) is 72.8 Å². The topological polar surface area (TPSA) is 84.9 Å². The van der Waals surface area contributed by atoms with E-state index in [1.54, 1.807) is 24.3 Å². The molecule has 0 aromatic heterocycles. The van der Waals surface area contributed by atoms with Gasteiger partial charge in [-0.1, -0.05) is 42.5 Å². The summed E-state index contributed by atoms with van der Waals surface area (Å²) in [6, 6.07) is 21.8. The lowest BCUT2D eigenvalue weighted by atomic mass is 10.1. The van der Waals surface area contributed by atoms with Gasteiger partial charge in [-0.25, -0.2) is 0 Å². The van der Waals surface area contributed by atoms with Crippen LogP contribution in [0.2, 0.25) is 0 Å². The zero-order chi connectivity index (χ0) is 24.2. The van der Waals surface area contributed by atoms with Crippen molar-refractivity contribution in [3.63, 3.8) is 0 Å². The normalized spacial score (nSPS) is 16.9. The van der Waals surface area contributed by atoms with E-state index in [1.807, 2.05) is 42.5 Å². The molecule has 1 N–H and O–H groups in total. The monoisotopic (exact) mass is 470 g/mol. The lowest BCUT2D eigenvalue weighted by molar-refractivity contribution is 0.0475. The van der Waals surface area contributed by atoms with Gasteiger partial charge in [0.1, 0.15) is 5.75 Å². The number of carbonyl (C=O) groups is 3. The number of hydrogen-bond donors (Lipinski definition) is 1. The lowest BCUT2D eigenvalue weighted by Gasteiger charge is -2.17. The summed E-state index contributed by atoms with van der Waals surface area (Å²) in [7, 11) is 0. The number of imide groups is 1. The zero-order valence-electron chi connectivity index (χ0n) is 19.2. The Morgan fingerprint density at radius 2 is 1.74 bits per heavy atom. The van der Waals surface area contributed by atoms with Crippen LogP contribution in [0.4, 0.5) is 5.69 Å². The Hall–Kier alpha value is -3.97. The van der Waals surface area contributed by atoms with Gasteiger partial charge in [-0.2, -0.15) is 0 Å². The number of rotatable bonds is 8. The number of benzene rings is 3. The van der Waals surface area contributed by atoms with Gasteiger partial charge in [-0.3, -0.25) is 19.3 Å². The maximum absolute atomic E-state index is 13.0. The van der Waals surface area contributed by atoms with E-state index in [0.29, 0.717) is 35.8 Å². The van der Waals surface area contributed by atoms with Crippen LogP contribution >= 0.6 is 0 Å². The molecule has 3 aromatic carbocycles. The molecular formula is C28H26N2O5. The molecule has 2 aliphatic heterocycles. The number of fused-ring (bicyclic) bond motifs is 1. The van der Waals surface area contributed by atoms with Crippen molar-refractivity contribution < 1.29 is 23.9 Å². The molecule has 1 fully saturated rings. The van der Waals surface area contributed by atoms with Crippen LogP contribution in [0.1, 0.15) is 49.5 Å². The number of carbonyl (C=O) groups excluding carboxylic acids is 3. The van der Waals surface area contributed by atoms with E-state index in [-0.39, 0.29) is 35.9 Å². The quantitative estimate of drug-likeness (QED) is 0.495. The smallest absolute Gasteiger partial charge is 0.261 e. The predicted molar refractivity (Wildman–Crippen MR) is 131 cm³/mol. The summed E-state index contributed by atoms with van der Waals surface area (Å²) in [6.07, 6.45) is 2.37. The fourth-order valence-electron chi connectivity index (χ4n) is 4.40. The van der Waals surface area contributed by atoms with E-state index in [9.17, 15) is 14.4 Å². The minimum Gasteiger partial charge on any atom is -0.491 e. The van der Waals surface area contributed by atoms with Crippen molar-refractivity contribution in [1.82, 2.24) is 4.90 Å². The van der Waals surface area contributed by atoms with Gasteiger partial charge in [0.2, 0.25) is 0 Å². The molecule has 0 spiro atoms. The molecule has 0 aliphatic carbocycles. The standard InChI is InChI=1S/C28H26N2O5/c31-26(29-24-10-4-5-11-25(24)35-16-14-19-7-2-1-3-8-19)20-12-13-22-23(17-20)28(33)30(27(22)32)18-21-9-6-15-34-21/h1-5,7-8,10-13,17,21H,6,9,14-16,18H2,(H,29,31). The van der Waals surface area contributed by atoms with Gasteiger partial charge in [0.25, 0.3) is 17.7 Å². The first kappa shape index (κ1) is 22.8. The van der Waals surface area contributed by atoms with Crippen LogP contribution < -0.4 is 10.1 Å². The molecule has 7 nitrogen and oxygen atoms in total. The van der Waals surface area contributed by atoms with Gasteiger partial charge in [-0.15, -0.1) is 0 Å². The molecule has 2 aliphatic rings. The highest BCUT2D eigenvalue weighted by Crippen LogP contribution is 2.28. The third kappa shape index (κ3) is 4.95. The van der Waals surface area contributed by atoms with Crippen LogP contribution in [0.3, 0.4) is 0 Å². The van der Waals surface area contributed by atoms with E-state index in [2.05, 4.69) is 5.32 Å². The molecule has 5 rings (SSSR count). The fourth-order valence-corrected chi connectivity index (χ4v) is 4.40. The third-order valence-electron chi connectivity index (χ3n) is 6.27. The molecular weight excluding hydrogens is 444 g/mol. The number of nitrogens with one attached hydrogen (secondary N) is 1. The Kier molecular flexibility index (Phi) is 6.59. The molecule has 3 amide bonds. The van der Waals surface area contributed by atoms with Gasteiger partial charge in [0.05, 0.1) is 36.1 Å². The second-order valence-corrected chi connectivity index (χ2v) is 8.65. The molecule has 0 radical (unpaired) electrons. The Labute approximate surface area is 203 Å². The number of amides is 3. The van der Waals surface area contributed by atoms with Crippen molar-refractivity contribution in [1.29, 1.82) is 0 Å². The average Bonchev–Trinajstić information content (AvgIpc) is 3.48. The van der Waals surface area contributed by atoms with Crippen LogP contribution in [0.25, 0.3) is 0 Å². The van der Waals surface area contributed by atoms with Crippen LogP contribution in [-0.2, 0) is 11.2 Å². The Balaban J connectivity index is 1.26. The van der Waals surface area contributed by atoms with E-state index >= 15 is 0 Å². The number of hydrogen-bond acceptors (Lipinski definition) is 5. The number of anilines is 1. The average molecular weight is 471 g/mol. The summed E-state index contributed by atoms with van der Waals surface area (Å²) in [5.41, 5.74) is 2.55.